The van der Waals surface area contributed by atoms with Gasteiger partial charge in [0.05, 0.1) is 0 Å². The number of rotatable bonds is 1. The van der Waals surface area contributed by atoms with Gasteiger partial charge in [-0.2, -0.15) is 0 Å². The largest absolute Gasteiger partial charge is 0.428 e. The number of hydrogen-bond donors (Lipinski definition) is 0. The molecule has 0 N–H and O–H groups in total. The van der Waals surface area contributed by atoms with E-state index < -0.39 is 0 Å². The van der Waals surface area contributed by atoms with Crippen molar-refractivity contribution in [1.29, 1.82) is 0 Å². The molecule has 0 spiro atoms. The molecule has 0 aliphatic rings. The van der Waals surface area contributed by atoms with Gasteiger partial charge in [0.2, 0.25) is 0 Å². The Morgan fingerprint density at radius 3 is 2.20 bits per heavy atom. The van der Waals surface area contributed by atoms with E-state index in [2.05, 4.69) is 0 Å². The highest BCUT2D eigenvalue weighted by atomic mass is 32.1. The van der Waals surface area contributed by atoms with Crippen LogP contribution in [0.5, 0.6) is 0 Å². The van der Waals surface area contributed by atoms with E-state index in [1.165, 1.54) is 5.56 Å². The first-order valence-corrected chi connectivity index (χ1v) is 3.80. The molecular formula is C8H7S2-. The number of thiocarbonyl (C=S) groups is 1. The molecule has 0 fully saturated rings. The van der Waals surface area contributed by atoms with E-state index in [9.17, 15) is 0 Å². The number of benzene rings is 1. The van der Waals surface area contributed by atoms with Gasteiger partial charge in [-0.05, 0) is 12.5 Å². The molecule has 0 aliphatic carbocycles. The predicted octanol–water partition coefficient (Wildman–Crippen LogP) is 2.22. The van der Waals surface area contributed by atoms with Gasteiger partial charge in [0, 0.05) is 0 Å². The minimum absolute atomic E-state index is 0.542. The SMILES string of the molecule is Cc1ccc(C(=S)[S-])cc1. The molecule has 1 rings (SSSR count). The zero-order valence-corrected chi connectivity index (χ0v) is 7.26. The smallest absolute Gasteiger partial charge is 0.0379 e. The maximum Gasteiger partial charge on any atom is -0.0379 e. The Bertz CT molecular complexity index is 236. The quantitative estimate of drug-likeness (QED) is 0.464. The van der Waals surface area contributed by atoms with Crippen molar-refractivity contribution in [2.24, 2.45) is 0 Å². The minimum atomic E-state index is 0.542. The first-order valence-electron chi connectivity index (χ1n) is 2.98. The first kappa shape index (κ1) is 7.63. The lowest BCUT2D eigenvalue weighted by Crippen LogP contribution is -1.89. The third-order valence-corrected chi connectivity index (χ3v) is 1.76. The molecule has 0 atom stereocenters. The maximum atomic E-state index is 4.82. The topological polar surface area (TPSA) is 0 Å². The Kier molecular flexibility index (Phi) is 2.35. The Morgan fingerprint density at radius 1 is 1.30 bits per heavy atom. The standard InChI is InChI=1S/C8H8S2/c1-6-2-4-7(5-3-6)8(9)10/h2-5H,1H3,(H,9,10)/p-1. The number of aryl methyl sites for hydroxylation is 1. The zero-order valence-electron chi connectivity index (χ0n) is 5.63. The summed E-state index contributed by atoms with van der Waals surface area (Å²) in [6, 6.07) is 7.91. The molecule has 2 heteroatoms. The summed E-state index contributed by atoms with van der Waals surface area (Å²) in [7, 11) is 0. The fourth-order valence-corrected chi connectivity index (χ4v) is 0.962. The molecule has 0 radical (unpaired) electrons. The molecular weight excluding hydrogens is 160 g/mol. The van der Waals surface area contributed by atoms with E-state index in [4.69, 9.17) is 24.8 Å². The minimum Gasteiger partial charge on any atom is -0.428 e. The van der Waals surface area contributed by atoms with Crippen LogP contribution in [0.1, 0.15) is 11.1 Å². The van der Waals surface area contributed by atoms with E-state index in [0.29, 0.717) is 4.20 Å². The average Bonchev–Trinajstić information content (AvgIpc) is 1.88. The molecule has 0 saturated carbocycles. The van der Waals surface area contributed by atoms with Crippen LogP contribution in [0.3, 0.4) is 0 Å². The third-order valence-electron chi connectivity index (χ3n) is 1.29. The Morgan fingerprint density at radius 2 is 1.80 bits per heavy atom. The van der Waals surface area contributed by atoms with Crippen LogP contribution in [0.15, 0.2) is 24.3 Å². The predicted molar refractivity (Wildman–Crippen MR) is 50.2 cm³/mol. The summed E-state index contributed by atoms with van der Waals surface area (Å²) in [6.07, 6.45) is 0. The Labute approximate surface area is 71.7 Å². The molecule has 0 aliphatic heterocycles. The zero-order chi connectivity index (χ0) is 7.56. The lowest BCUT2D eigenvalue weighted by Gasteiger charge is -2.03. The molecule has 0 aromatic heterocycles. The molecule has 1 aromatic carbocycles. The van der Waals surface area contributed by atoms with E-state index >= 15 is 0 Å². The van der Waals surface area contributed by atoms with E-state index in [1.807, 2.05) is 31.2 Å². The van der Waals surface area contributed by atoms with E-state index in [1.54, 1.807) is 0 Å². The Hall–Kier alpha value is -0.470. The summed E-state index contributed by atoms with van der Waals surface area (Å²) in [4.78, 5) is 0. The van der Waals surface area contributed by atoms with E-state index in [0.717, 1.165) is 5.56 Å². The summed E-state index contributed by atoms with van der Waals surface area (Å²) in [6.45, 7) is 2.04. The van der Waals surface area contributed by atoms with Crippen LogP contribution >= 0.6 is 12.2 Å². The van der Waals surface area contributed by atoms with Crippen molar-refractivity contribution in [2.75, 3.05) is 0 Å². The molecule has 0 bridgehead atoms. The third kappa shape index (κ3) is 1.75. The molecule has 0 saturated heterocycles. The molecule has 10 heavy (non-hydrogen) atoms. The lowest BCUT2D eigenvalue weighted by atomic mass is 10.2. The van der Waals surface area contributed by atoms with Crippen LogP contribution < -0.4 is 0 Å². The van der Waals surface area contributed by atoms with Gasteiger partial charge >= 0.3 is 0 Å². The molecule has 1 aromatic rings. The van der Waals surface area contributed by atoms with Crippen molar-refractivity contribution in [2.45, 2.75) is 6.92 Å². The second kappa shape index (κ2) is 3.08. The van der Waals surface area contributed by atoms with Gasteiger partial charge in [0.1, 0.15) is 0 Å². The van der Waals surface area contributed by atoms with Crippen LogP contribution in [0.25, 0.3) is 0 Å². The van der Waals surface area contributed by atoms with Crippen LogP contribution in [-0.2, 0) is 12.6 Å². The first-order chi connectivity index (χ1) is 4.70. The van der Waals surface area contributed by atoms with Gasteiger partial charge in [-0.1, -0.05) is 29.8 Å². The van der Waals surface area contributed by atoms with Crippen molar-refractivity contribution in [3.8, 4) is 0 Å². The number of hydrogen-bond acceptors (Lipinski definition) is 2. The summed E-state index contributed by atoms with van der Waals surface area (Å²) in [5, 5.41) is 0. The van der Waals surface area contributed by atoms with Crippen molar-refractivity contribution < 1.29 is 0 Å². The highest BCUT2D eigenvalue weighted by Crippen LogP contribution is 2.03. The van der Waals surface area contributed by atoms with Gasteiger partial charge in [-0.25, -0.2) is 0 Å². The monoisotopic (exact) mass is 167 g/mol. The van der Waals surface area contributed by atoms with Crippen molar-refractivity contribution in [3.05, 3.63) is 35.4 Å². The normalized spacial score (nSPS) is 9.30. The van der Waals surface area contributed by atoms with Crippen LogP contribution in [-0.4, -0.2) is 4.20 Å². The fourth-order valence-electron chi connectivity index (χ4n) is 0.690. The Balaban J connectivity index is 3.00. The molecule has 0 amide bonds. The summed E-state index contributed by atoms with van der Waals surface area (Å²) < 4.78 is 0.542. The van der Waals surface area contributed by atoms with E-state index in [-0.39, 0.29) is 0 Å². The molecule has 0 nitrogen and oxygen atoms in total. The van der Waals surface area contributed by atoms with Crippen molar-refractivity contribution in [1.82, 2.24) is 0 Å². The summed E-state index contributed by atoms with van der Waals surface area (Å²) in [5.41, 5.74) is 2.20. The van der Waals surface area contributed by atoms with Crippen molar-refractivity contribution in [3.63, 3.8) is 0 Å². The maximum absolute atomic E-state index is 4.82. The van der Waals surface area contributed by atoms with Gasteiger partial charge < -0.3 is 24.8 Å². The lowest BCUT2D eigenvalue weighted by molar-refractivity contribution is 1.47. The molecule has 52 valence electrons. The van der Waals surface area contributed by atoms with Gasteiger partial charge in [-0.3, -0.25) is 0 Å². The molecule has 0 unspecified atom stereocenters. The summed E-state index contributed by atoms with van der Waals surface area (Å²) in [5.74, 6) is 0. The van der Waals surface area contributed by atoms with Gasteiger partial charge in [0.25, 0.3) is 0 Å². The molecule has 0 heterocycles. The second-order valence-electron chi connectivity index (χ2n) is 2.15. The van der Waals surface area contributed by atoms with Crippen molar-refractivity contribution >= 4 is 29.0 Å². The average molecular weight is 167 g/mol. The second-order valence-corrected chi connectivity index (χ2v) is 3.23. The van der Waals surface area contributed by atoms with Gasteiger partial charge in [0.15, 0.2) is 0 Å². The highest BCUT2D eigenvalue weighted by Gasteiger charge is 1.85. The summed E-state index contributed by atoms with van der Waals surface area (Å²) >= 11 is 9.64. The highest BCUT2D eigenvalue weighted by molar-refractivity contribution is 8.01. The van der Waals surface area contributed by atoms with Gasteiger partial charge in [-0.15, -0.1) is 4.20 Å². The van der Waals surface area contributed by atoms with Crippen LogP contribution in [0.2, 0.25) is 0 Å². The fraction of sp³-hybridized carbons (Fsp3) is 0.125. The van der Waals surface area contributed by atoms with Crippen LogP contribution in [0, 0.1) is 6.92 Å². The van der Waals surface area contributed by atoms with Crippen LogP contribution in [0.4, 0.5) is 0 Å².